The van der Waals surface area contributed by atoms with Crippen LogP contribution in [-0.2, 0) is 28.4 Å². The van der Waals surface area contributed by atoms with E-state index in [-0.39, 0.29) is 0 Å². The Hall–Kier alpha value is -1.54. The van der Waals surface area contributed by atoms with Gasteiger partial charge in [-0.05, 0) is 50.8 Å². The van der Waals surface area contributed by atoms with E-state index >= 15 is 0 Å². The number of hydrogen-bond acceptors (Lipinski definition) is 11. The monoisotopic (exact) mass is 628 g/mol. The average Bonchev–Trinajstić information content (AvgIpc) is 3.68. The fraction of sp³-hybridized carbons (Fsp3) is 0.600. The molecule has 0 saturated heterocycles. The van der Waals surface area contributed by atoms with E-state index in [0.717, 1.165) is 21.3 Å². The molecule has 230 valence electrons. The third-order valence-electron chi connectivity index (χ3n) is 5.57. The summed E-state index contributed by atoms with van der Waals surface area (Å²) in [4.78, 5) is 5.74. The first-order valence-electron chi connectivity index (χ1n) is 14.1. The van der Waals surface area contributed by atoms with Gasteiger partial charge >= 0.3 is 0 Å². The van der Waals surface area contributed by atoms with Crippen molar-refractivity contribution in [3.63, 3.8) is 0 Å². The molecule has 3 rings (SSSR count). The van der Waals surface area contributed by atoms with Crippen LogP contribution in [0.5, 0.6) is 11.5 Å². The molecule has 0 aliphatic heterocycles. The number of rotatable bonds is 24. The van der Waals surface area contributed by atoms with Crippen molar-refractivity contribution < 1.29 is 37.9 Å². The Balaban J connectivity index is 1.53. The molecule has 0 bridgehead atoms. The minimum absolute atomic E-state index is 0.451. The van der Waals surface area contributed by atoms with Gasteiger partial charge in [0.25, 0.3) is 0 Å². The molecule has 11 heteroatoms. The normalized spacial score (nSPS) is 11.4. The molecule has 0 aliphatic rings. The number of aryl methyl sites for hydroxylation is 2. The molecule has 0 N–H and O–H groups in total. The van der Waals surface area contributed by atoms with Crippen LogP contribution in [0.25, 0.3) is 19.5 Å². The van der Waals surface area contributed by atoms with Gasteiger partial charge in [-0.2, -0.15) is 0 Å². The van der Waals surface area contributed by atoms with E-state index in [4.69, 9.17) is 37.9 Å². The highest BCUT2D eigenvalue weighted by molar-refractivity contribution is 7.26. The van der Waals surface area contributed by atoms with Gasteiger partial charge < -0.3 is 37.9 Å². The van der Waals surface area contributed by atoms with Crippen LogP contribution in [0.3, 0.4) is 0 Å². The molecule has 0 unspecified atom stereocenters. The molecule has 3 aromatic rings. The van der Waals surface area contributed by atoms with E-state index < -0.39 is 0 Å². The van der Waals surface area contributed by atoms with Crippen molar-refractivity contribution in [2.75, 3.05) is 92.5 Å². The highest BCUT2D eigenvalue weighted by Gasteiger charge is 2.20. The average molecular weight is 629 g/mol. The Kier molecular flexibility index (Phi) is 16.9. The molecular weight excluding hydrogens is 585 g/mol. The third kappa shape index (κ3) is 12.7. The number of hydrogen-bond donors (Lipinski definition) is 0. The zero-order valence-electron chi connectivity index (χ0n) is 24.7. The lowest BCUT2D eigenvalue weighted by atomic mass is 10.3. The zero-order chi connectivity index (χ0) is 29.1. The minimum atomic E-state index is 0.451. The predicted molar refractivity (Wildman–Crippen MR) is 168 cm³/mol. The lowest BCUT2D eigenvalue weighted by Gasteiger charge is -2.10. The maximum Gasteiger partial charge on any atom is 0.139 e. The van der Waals surface area contributed by atoms with Crippen molar-refractivity contribution in [2.45, 2.75) is 27.7 Å². The summed E-state index contributed by atoms with van der Waals surface area (Å²) >= 11 is 5.19. The van der Waals surface area contributed by atoms with E-state index in [1.165, 1.54) is 20.2 Å². The van der Waals surface area contributed by atoms with Crippen LogP contribution in [0.15, 0.2) is 23.6 Å². The van der Waals surface area contributed by atoms with Crippen molar-refractivity contribution >= 4 is 34.0 Å². The van der Waals surface area contributed by atoms with Crippen LogP contribution in [0.2, 0.25) is 0 Å². The minimum Gasteiger partial charge on any atom is -0.490 e. The Morgan fingerprint density at radius 1 is 0.512 bits per heavy atom. The summed E-state index contributed by atoms with van der Waals surface area (Å²) in [5.41, 5.74) is 1.26. The van der Waals surface area contributed by atoms with Gasteiger partial charge in [0.1, 0.15) is 24.7 Å². The zero-order valence-corrected chi connectivity index (χ0v) is 27.1. The maximum absolute atomic E-state index is 6.26. The van der Waals surface area contributed by atoms with Gasteiger partial charge in [-0.25, -0.2) is 0 Å². The molecule has 3 aromatic heterocycles. The van der Waals surface area contributed by atoms with Crippen LogP contribution in [-0.4, -0.2) is 92.5 Å². The first-order chi connectivity index (χ1) is 20.1. The molecule has 0 aromatic carbocycles. The SMILES string of the molecule is CCOCCOCCOCCOc1cc(C)sc1-c1sc(-c2cc(C)cs2)cc1OCCOCCOCCOCC. The Morgan fingerprint density at radius 3 is 1.46 bits per heavy atom. The Morgan fingerprint density at radius 2 is 0.976 bits per heavy atom. The second kappa shape index (κ2) is 20.4. The molecule has 41 heavy (non-hydrogen) atoms. The van der Waals surface area contributed by atoms with Gasteiger partial charge in [-0.1, -0.05) is 0 Å². The summed E-state index contributed by atoms with van der Waals surface area (Å²) < 4.78 is 45.4. The van der Waals surface area contributed by atoms with Crippen LogP contribution < -0.4 is 9.47 Å². The van der Waals surface area contributed by atoms with Crippen molar-refractivity contribution in [3.05, 3.63) is 34.0 Å². The first kappa shape index (κ1) is 34.0. The maximum atomic E-state index is 6.26. The molecule has 0 radical (unpaired) electrons. The molecule has 0 amide bonds. The van der Waals surface area contributed by atoms with Crippen LogP contribution in [0.1, 0.15) is 24.3 Å². The van der Waals surface area contributed by atoms with Gasteiger partial charge in [-0.3, -0.25) is 0 Å². The second-order valence-electron chi connectivity index (χ2n) is 8.88. The van der Waals surface area contributed by atoms with Gasteiger partial charge in [0, 0.05) is 33.9 Å². The highest BCUT2D eigenvalue weighted by atomic mass is 32.1. The number of ether oxygens (including phenoxy) is 8. The van der Waals surface area contributed by atoms with Crippen molar-refractivity contribution in [3.8, 4) is 31.0 Å². The summed E-state index contributed by atoms with van der Waals surface area (Å²) in [6.07, 6.45) is 0. The van der Waals surface area contributed by atoms with Crippen LogP contribution >= 0.6 is 34.0 Å². The molecule has 0 spiro atoms. The van der Waals surface area contributed by atoms with Crippen LogP contribution in [0, 0.1) is 13.8 Å². The largest absolute Gasteiger partial charge is 0.490 e. The summed E-state index contributed by atoms with van der Waals surface area (Å²) in [5.74, 6) is 1.70. The molecule has 0 atom stereocenters. The second-order valence-corrected chi connectivity index (χ2v) is 12.1. The standard InChI is InChI=1S/C30H44O8S3/c1-5-31-7-9-33-11-13-35-15-17-37-25-20-24(4)40-29(25)30-26(21-28(41-30)27-19-23(3)22-39-27)38-18-16-36-14-12-34-10-8-32-6-2/h19-22H,5-18H2,1-4H3. The fourth-order valence-electron chi connectivity index (χ4n) is 3.67. The predicted octanol–water partition coefficient (Wildman–Crippen LogP) is 6.72. The number of thiophene rings is 3. The highest BCUT2D eigenvalue weighted by Crippen LogP contribution is 2.50. The van der Waals surface area contributed by atoms with Gasteiger partial charge in [0.15, 0.2) is 0 Å². The molecule has 3 heterocycles. The van der Waals surface area contributed by atoms with E-state index in [9.17, 15) is 0 Å². The lowest BCUT2D eigenvalue weighted by Crippen LogP contribution is -2.13. The van der Waals surface area contributed by atoms with E-state index in [1.807, 2.05) is 13.8 Å². The van der Waals surface area contributed by atoms with Crippen molar-refractivity contribution in [1.29, 1.82) is 0 Å². The van der Waals surface area contributed by atoms with E-state index in [0.29, 0.717) is 92.5 Å². The lowest BCUT2D eigenvalue weighted by molar-refractivity contribution is 0.0113. The third-order valence-corrected chi connectivity index (χ3v) is 9.12. The van der Waals surface area contributed by atoms with Crippen molar-refractivity contribution in [1.82, 2.24) is 0 Å². The molecule has 8 nitrogen and oxygen atoms in total. The fourth-order valence-corrected chi connectivity index (χ4v) is 6.85. The van der Waals surface area contributed by atoms with Gasteiger partial charge in [0.2, 0.25) is 0 Å². The first-order valence-corrected chi connectivity index (χ1v) is 16.7. The Labute approximate surface area is 256 Å². The van der Waals surface area contributed by atoms with E-state index in [2.05, 4.69) is 37.4 Å². The topological polar surface area (TPSA) is 73.8 Å². The molecule has 0 saturated carbocycles. The van der Waals surface area contributed by atoms with Crippen molar-refractivity contribution in [2.24, 2.45) is 0 Å². The molecule has 0 aliphatic carbocycles. The summed E-state index contributed by atoms with van der Waals surface area (Å²) in [6.45, 7) is 16.0. The molecule has 0 fully saturated rings. The van der Waals surface area contributed by atoms with Gasteiger partial charge in [0.05, 0.1) is 75.8 Å². The van der Waals surface area contributed by atoms with Gasteiger partial charge in [-0.15, -0.1) is 34.0 Å². The van der Waals surface area contributed by atoms with E-state index in [1.54, 1.807) is 34.0 Å². The summed E-state index contributed by atoms with van der Waals surface area (Å²) in [7, 11) is 0. The van der Waals surface area contributed by atoms with Crippen LogP contribution in [0.4, 0.5) is 0 Å². The Bertz CT molecular complexity index is 1090. The molecular formula is C30H44O8S3. The summed E-state index contributed by atoms with van der Waals surface area (Å²) in [5, 5.41) is 2.17. The quantitative estimate of drug-likeness (QED) is 0.101. The smallest absolute Gasteiger partial charge is 0.139 e. The summed E-state index contributed by atoms with van der Waals surface area (Å²) in [6, 6.07) is 6.44.